The number of benzene rings is 2. The molecule has 3 heteroatoms. The predicted octanol–water partition coefficient (Wildman–Crippen LogP) is 4.01. The van der Waals surface area contributed by atoms with Crippen molar-refractivity contribution in [1.82, 2.24) is 0 Å². The number of para-hydroxylation sites is 1. The Labute approximate surface area is 123 Å². The van der Waals surface area contributed by atoms with E-state index in [9.17, 15) is 4.79 Å². The van der Waals surface area contributed by atoms with E-state index in [2.05, 4.69) is 23.5 Å². The zero-order chi connectivity index (χ0) is 13.9. The standard InChI is InChI=1S/C17H16ClNO/c18-15-6-1-2-7-16(15)19-17(20)11-12-8-9-13-4-3-5-14(13)10-12/h1-2,6-10H,3-5,11H2,(H,19,20). The van der Waals surface area contributed by atoms with Crippen LogP contribution in [0.1, 0.15) is 23.1 Å². The van der Waals surface area contributed by atoms with Gasteiger partial charge >= 0.3 is 0 Å². The average Bonchev–Trinajstić information content (AvgIpc) is 2.89. The van der Waals surface area contributed by atoms with E-state index in [0.29, 0.717) is 17.1 Å². The summed E-state index contributed by atoms with van der Waals surface area (Å²) in [7, 11) is 0. The largest absolute Gasteiger partial charge is 0.324 e. The Balaban J connectivity index is 1.69. The lowest BCUT2D eigenvalue weighted by Gasteiger charge is -2.08. The Hall–Kier alpha value is -1.80. The highest BCUT2D eigenvalue weighted by Gasteiger charge is 2.12. The van der Waals surface area contributed by atoms with Crippen LogP contribution in [0.5, 0.6) is 0 Å². The molecule has 0 saturated carbocycles. The third-order valence-corrected chi connectivity index (χ3v) is 4.01. The molecule has 0 spiro atoms. The molecule has 0 fully saturated rings. The SMILES string of the molecule is O=C(Cc1ccc2c(c1)CCC2)Nc1ccccc1Cl. The Morgan fingerprint density at radius 2 is 1.90 bits per heavy atom. The van der Waals surface area contributed by atoms with Gasteiger partial charge in [-0.3, -0.25) is 4.79 Å². The summed E-state index contributed by atoms with van der Waals surface area (Å²) < 4.78 is 0. The maximum absolute atomic E-state index is 12.1. The van der Waals surface area contributed by atoms with Crippen molar-refractivity contribution in [3.05, 3.63) is 64.2 Å². The van der Waals surface area contributed by atoms with Crippen LogP contribution in [0.25, 0.3) is 0 Å². The second kappa shape index (κ2) is 5.68. The molecule has 0 saturated heterocycles. The molecular weight excluding hydrogens is 270 g/mol. The van der Waals surface area contributed by atoms with E-state index in [4.69, 9.17) is 11.6 Å². The van der Waals surface area contributed by atoms with Gasteiger partial charge in [0.1, 0.15) is 0 Å². The molecule has 0 bridgehead atoms. The molecule has 1 amide bonds. The van der Waals surface area contributed by atoms with E-state index >= 15 is 0 Å². The minimum Gasteiger partial charge on any atom is -0.324 e. The van der Waals surface area contributed by atoms with Gasteiger partial charge in [-0.25, -0.2) is 0 Å². The molecule has 1 N–H and O–H groups in total. The van der Waals surface area contributed by atoms with Crippen molar-refractivity contribution < 1.29 is 4.79 Å². The fourth-order valence-electron chi connectivity index (χ4n) is 2.68. The summed E-state index contributed by atoms with van der Waals surface area (Å²) in [6.07, 6.45) is 3.92. The average molecular weight is 286 g/mol. The molecule has 0 radical (unpaired) electrons. The number of aryl methyl sites for hydroxylation is 2. The first kappa shape index (κ1) is 13.2. The minimum atomic E-state index is -0.0314. The van der Waals surface area contributed by atoms with E-state index in [1.54, 1.807) is 6.07 Å². The molecule has 1 aliphatic carbocycles. The van der Waals surface area contributed by atoms with Crippen LogP contribution in [0, 0.1) is 0 Å². The van der Waals surface area contributed by atoms with Crippen molar-refractivity contribution in [3.63, 3.8) is 0 Å². The van der Waals surface area contributed by atoms with Crippen LogP contribution < -0.4 is 5.32 Å². The normalized spacial score (nSPS) is 13.1. The summed E-state index contributed by atoms with van der Waals surface area (Å²) in [5.41, 5.74) is 4.56. The quantitative estimate of drug-likeness (QED) is 0.907. The van der Waals surface area contributed by atoms with Gasteiger partial charge in [0.2, 0.25) is 5.91 Å². The first-order valence-corrected chi connectivity index (χ1v) is 7.25. The minimum absolute atomic E-state index is 0.0314. The van der Waals surface area contributed by atoms with Crippen LogP contribution in [0.4, 0.5) is 5.69 Å². The number of hydrogen-bond acceptors (Lipinski definition) is 1. The Morgan fingerprint density at radius 3 is 2.75 bits per heavy atom. The van der Waals surface area contributed by atoms with Crippen molar-refractivity contribution in [2.24, 2.45) is 0 Å². The molecule has 102 valence electrons. The predicted molar refractivity (Wildman–Crippen MR) is 82.3 cm³/mol. The molecule has 0 atom stereocenters. The van der Waals surface area contributed by atoms with E-state index in [1.165, 1.54) is 24.0 Å². The number of halogens is 1. The number of amides is 1. The van der Waals surface area contributed by atoms with Crippen LogP contribution in [-0.4, -0.2) is 5.91 Å². The molecule has 1 aliphatic rings. The van der Waals surface area contributed by atoms with Gasteiger partial charge in [0.15, 0.2) is 0 Å². The third-order valence-electron chi connectivity index (χ3n) is 3.68. The van der Waals surface area contributed by atoms with Crippen molar-refractivity contribution in [1.29, 1.82) is 0 Å². The number of carbonyl (C=O) groups excluding carboxylic acids is 1. The molecule has 3 rings (SSSR count). The van der Waals surface area contributed by atoms with Crippen LogP contribution >= 0.6 is 11.6 Å². The smallest absolute Gasteiger partial charge is 0.228 e. The summed E-state index contributed by atoms with van der Waals surface area (Å²) in [5, 5.41) is 3.42. The maximum atomic E-state index is 12.1. The summed E-state index contributed by atoms with van der Waals surface area (Å²) in [6.45, 7) is 0. The maximum Gasteiger partial charge on any atom is 0.228 e. The van der Waals surface area contributed by atoms with Crippen molar-refractivity contribution in [3.8, 4) is 0 Å². The van der Waals surface area contributed by atoms with Crippen LogP contribution in [0.3, 0.4) is 0 Å². The highest BCUT2D eigenvalue weighted by atomic mass is 35.5. The van der Waals surface area contributed by atoms with Crippen molar-refractivity contribution in [2.45, 2.75) is 25.7 Å². The number of fused-ring (bicyclic) bond motifs is 1. The summed E-state index contributed by atoms with van der Waals surface area (Å²) in [6, 6.07) is 13.6. The van der Waals surface area contributed by atoms with Crippen LogP contribution in [0.2, 0.25) is 5.02 Å². The Kier molecular flexibility index (Phi) is 3.75. The van der Waals surface area contributed by atoms with Crippen LogP contribution in [0.15, 0.2) is 42.5 Å². The van der Waals surface area contributed by atoms with Crippen molar-refractivity contribution >= 4 is 23.2 Å². The van der Waals surface area contributed by atoms with Gasteiger partial charge in [0.05, 0.1) is 17.1 Å². The number of nitrogens with one attached hydrogen (secondary N) is 1. The second-order valence-corrected chi connectivity index (χ2v) is 5.57. The van der Waals surface area contributed by atoms with E-state index < -0.39 is 0 Å². The molecule has 2 nitrogen and oxygen atoms in total. The van der Waals surface area contributed by atoms with Gasteiger partial charge in [0.25, 0.3) is 0 Å². The molecule has 0 aliphatic heterocycles. The van der Waals surface area contributed by atoms with E-state index in [-0.39, 0.29) is 5.91 Å². The Bertz CT molecular complexity index is 651. The summed E-state index contributed by atoms with van der Waals surface area (Å²) >= 11 is 6.03. The highest BCUT2D eigenvalue weighted by molar-refractivity contribution is 6.33. The van der Waals surface area contributed by atoms with Gasteiger partial charge in [-0.15, -0.1) is 0 Å². The first-order valence-electron chi connectivity index (χ1n) is 6.87. The number of rotatable bonds is 3. The highest BCUT2D eigenvalue weighted by Crippen LogP contribution is 2.24. The van der Waals surface area contributed by atoms with Gasteiger partial charge in [-0.2, -0.15) is 0 Å². The number of hydrogen-bond donors (Lipinski definition) is 1. The lowest BCUT2D eigenvalue weighted by Crippen LogP contribution is -2.14. The molecule has 0 unspecified atom stereocenters. The van der Waals surface area contributed by atoms with Crippen LogP contribution in [-0.2, 0) is 24.1 Å². The van der Waals surface area contributed by atoms with E-state index in [1.807, 2.05) is 18.2 Å². The third kappa shape index (κ3) is 2.86. The first-order chi connectivity index (χ1) is 9.72. The number of anilines is 1. The fraction of sp³-hybridized carbons (Fsp3) is 0.235. The zero-order valence-corrected chi connectivity index (χ0v) is 11.9. The summed E-state index contributed by atoms with van der Waals surface area (Å²) in [4.78, 5) is 12.1. The second-order valence-electron chi connectivity index (χ2n) is 5.16. The van der Waals surface area contributed by atoms with Gasteiger partial charge in [0, 0.05) is 0 Å². The topological polar surface area (TPSA) is 29.1 Å². The molecule has 2 aromatic rings. The molecule has 20 heavy (non-hydrogen) atoms. The lowest BCUT2D eigenvalue weighted by atomic mass is 10.0. The molecule has 0 heterocycles. The van der Waals surface area contributed by atoms with Gasteiger partial charge in [-0.05, 0) is 48.1 Å². The monoisotopic (exact) mass is 285 g/mol. The van der Waals surface area contributed by atoms with Crippen molar-refractivity contribution in [2.75, 3.05) is 5.32 Å². The zero-order valence-electron chi connectivity index (χ0n) is 11.2. The molecule has 0 aromatic heterocycles. The molecular formula is C17H16ClNO. The van der Waals surface area contributed by atoms with E-state index in [0.717, 1.165) is 12.0 Å². The van der Waals surface area contributed by atoms with Gasteiger partial charge in [-0.1, -0.05) is 41.9 Å². The summed E-state index contributed by atoms with van der Waals surface area (Å²) in [5.74, 6) is -0.0314. The van der Waals surface area contributed by atoms with Gasteiger partial charge < -0.3 is 5.32 Å². The molecule has 2 aromatic carbocycles. The lowest BCUT2D eigenvalue weighted by molar-refractivity contribution is -0.115. The Morgan fingerprint density at radius 1 is 1.10 bits per heavy atom. The number of carbonyl (C=O) groups is 1. The fourth-order valence-corrected chi connectivity index (χ4v) is 2.86.